The SMILES string of the molecule is CS(=O)(=O)NC(=O)CC1CCC(=O)N1Cc1ccc(Cl)cc1. The van der Waals surface area contributed by atoms with Crippen molar-refractivity contribution >= 4 is 33.4 Å². The summed E-state index contributed by atoms with van der Waals surface area (Å²) < 4.78 is 24.0. The van der Waals surface area contributed by atoms with Crippen LogP contribution in [0.1, 0.15) is 24.8 Å². The van der Waals surface area contributed by atoms with Gasteiger partial charge in [0.15, 0.2) is 0 Å². The maximum absolute atomic E-state index is 12.0. The van der Waals surface area contributed by atoms with Gasteiger partial charge in [-0.05, 0) is 24.1 Å². The maximum atomic E-state index is 12.0. The van der Waals surface area contributed by atoms with E-state index in [-0.39, 0.29) is 18.4 Å². The smallest absolute Gasteiger partial charge is 0.235 e. The molecule has 2 rings (SSSR count). The van der Waals surface area contributed by atoms with Crippen LogP contribution in [0.2, 0.25) is 5.02 Å². The minimum atomic E-state index is -3.58. The summed E-state index contributed by atoms with van der Waals surface area (Å²) in [6.45, 7) is 0.382. The number of amides is 2. The summed E-state index contributed by atoms with van der Waals surface area (Å²) in [6.07, 6.45) is 1.82. The van der Waals surface area contributed by atoms with Crippen molar-refractivity contribution in [2.75, 3.05) is 6.26 Å². The van der Waals surface area contributed by atoms with Gasteiger partial charge in [0.2, 0.25) is 21.8 Å². The summed E-state index contributed by atoms with van der Waals surface area (Å²) in [4.78, 5) is 25.3. The fourth-order valence-corrected chi connectivity index (χ4v) is 3.09. The van der Waals surface area contributed by atoms with Gasteiger partial charge in [-0.25, -0.2) is 8.42 Å². The van der Waals surface area contributed by atoms with Gasteiger partial charge in [-0.2, -0.15) is 0 Å². The largest absolute Gasteiger partial charge is 0.335 e. The van der Waals surface area contributed by atoms with Crippen LogP contribution in [0.5, 0.6) is 0 Å². The first-order valence-corrected chi connectivity index (χ1v) is 9.06. The third-order valence-corrected chi connectivity index (χ3v) is 4.29. The van der Waals surface area contributed by atoms with Crippen molar-refractivity contribution in [3.05, 3.63) is 34.9 Å². The van der Waals surface area contributed by atoms with E-state index in [9.17, 15) is 18.0 Å². The molecule has 1 aliphatic heterocycles. The Morgan fingerprint density at radius 1 is 1.36 bits per heavy atom. The Bertz CT molecular complexity index is 673. The molecular formula is C14H17ClN2O4S. The Morgan fingerprint density at radius 2 is 2.00 bits per heavy atom. The van der Waals surface area contributed by atoms with Crippen molar-refractivity contribution in [3.8, 4) is 0 Å². The first kappa shape index (κ1) is 16.8. The molecular weight excluding hydrogens is 328 g/mol. The second-order valence-electron chi connectivity index (χ2n) is 5.34. The number of benzene rings is 1. The van der Waals surface area contributed by atoms with Crippen LogP contribution >= 0.6 is 11.6 Å². The summed E-state index contributed by atoms with van der Waals surface area (Å²) in [5.74, 6) is -0.629. The first-order valence-electron chi connectivity index (χ1n) is 6.79. The van der Waals surface area contributed by atoms with E-state index >= 15 is 0 Å². The van der Waals surface area contributed by atoms with Gasteiger partial charge in [0.25, 0.3) is 0 Å². The molecule has 1 heterocycles. The number of sulfonamides is 1. The van der Waals surface area contributed by atoms with Crippen molar-refractivity contribution in [2.45, 2.75) is 31.8 Å². The van der Waals surface area contributed by atoms with E-state index in [1.807, 2.05) is 16.9 Å². The second kappa shape index (κ2) is 6.66. The van der Waals surface area contributed by atoms with Crippen LogP contribution in [0.15, 0.2) is 24.3 Å². The summed E-state index contributed by atoms with van der Waals surface area (Å²) >= 11 is 5.83. The molecule has 1 aromatic rings. The lowest BCUT2D eigenvalue weighted by molar-refractivity contribution is -0.130. The van der Waals surface area contributed by atoms with Crippen molar-refractivity contribution in [1.29, 1.82) is 0 Å². The highest BCUT2D eigenvalue weighted by molar-refractivity contribution is 7.89. The van der Waals surface area contributed by atoms with Crippen molar-refractivity contribution < 1.29 is 18.0 Å². The lowest BCUT2D eigenvalue weighted by atomic mass is 10.1. The molecule has 22 heavy (non-hydrogen) atoms. The molecule has 1 unspecified atom stereocenters. The van der Waals surface area contributed by atoms with Crippen LogP contribution in [-0.2, 0) is 26.2 Å². The molecule has 1 N–H and O–H groups in total. The zero-order valence-electron chi connectivity index (χ0n) is 12.1. The number of hydrogen-bond acceptors (Lipinski definition) is 4. The molecule has 1 saturated heterocycles. The Labute approximate surface area is 134 Å². The summed E-state index contributed by atoms with van der Waals surface area (Å²) in [5, 5.41) is 0.612. The molecule has 0 radical (unpaired) electrons. The van der Waals surface area contributed by atoms with Crippen LogP contribution in [0.3, 0.4) is 0 Å². The van der Waals surface area contributed by atoms with E-state index in [2.05, 4.69) is 0 Å². The number of carbonyl (C=O) groups excluding carboxylic acids is 2. The number of nitrogens with zero attached hydrogens (tertiary/aromatic N) is 1. The van der Waals surface area contributed by atoms with E-state index in [1.54, 1.807) is 17.0 Å². The predicted octanol–water partition coefficient (Wildman–Crippen LogP) is 1.30. The molecule has 1 fully saturated rings. The molecule has 6 nitrogen and oxygen atoms in total. The third-order valence-electron chi connectivity index (χ3n) is 3.44. The van der Waals surface area contributed by atoms with Crippen LogP contribution in [-0.4, -0.2) is 37.4 Å². The Hall–Kier alpha value is -1.60. The highest BCUT2D eigenvalue weighted by Crippen LogP contribution is 2.24. The van der Waals surface area contributed by atoms with Crippen molar-refractivity contribution in [3.63, 3.8) is 0 Å². The number of nitrogens with one attached hydrogen (secondary N) is 1. The average Bonchev–Trinajstić information content (AvgIpc) is 2.72. The van der Waals surface area contributed by atoms with Gasteiger partial charge in [0.1, 0.15) is 0 Å². The molecule has 0 aromatic heterocycles. The maximum Gasteiger partial charge on any atom is 0.235 e. The molecule has 2 amide bonds. The van der Waals surface area contributed by atoms with Crippen LogP contribution < -0.4 is 4.72 Å². The predicted molar refractivity (Wildman–Crippen MR) is 82.6 cm³/mol. The molecule has 120 valence electrons. The average molecular weight is 345 g/mol. The Morgan fingerprint density at radius 3 is 2.59 bits per heavy atom. The lowest BCUT2D eigenvalue weighted by Crippen LogP contribution is -2.38. The van der Waals surface area contributed by atoms with Gasteiger partial charge in [-0.1, -0.05) is 23.7 Å². The normalized spacial score (nSPS) is 18.5. The van der Waals surface area contributed by atoms with Gasteiger partial charge in [0, 0.05) is 30.5 Å². The Balaban J connectivity index is 2.03. The third kappa shape index (κ3) is 4.71. The lowest BCUT2D eigenvalue weighted by Gasteiger charge is -2.24. The molecule has 0 saturated carbocycles. The number of carbonyl (C=O) groups is 2. The van der Waals surface area contributed by atoms with Crippen molar-refractivity contribution in [2.24, 2.45) is 0 Å². The van der Waals surface area contributed by atoms with Gasteiger partial charge >= 0.3 is 0 Å². The quantitative estimate of drug-likeness (QED) is 0.872. The van der Waals surface area contributed by atoms with E-state index in [0.29, 0.717) is 24.4 Å². The van der Waals surface area contributed by atoms with Gasteiger partial charge < -0.3 is 4.90 Å². The van der Waals surface area contributed by atoms with Crippen LogP contribution in [0.4, 0.5) is 0 Å². The van der Waals surface area contributed by atoms with Crippen LogP contribution in [0, 0.1) is 0 Å². The molecule has 1 aromatic carbocycles. The van der Waals surface area contributed by atoms with Gasteiger partial charge in [0.05, 0.1) is 6.26 Å². The molecule has 8 heteroatoms. The first-order chi connectivity index (χ1) is 10.2. The van der Waals surface area contributed by atoms with Crippen molar-refractivity contribution in [1.82, 2.24) is 9.62 Å². The standard InChI is InChI=1S/C14H17ClN2O4S/c1-22(20,21)16-13(18)8-12-6-7-14(19)17(12)9-10-2-4-11(15)5-3-10/h2-5,12H,6-9H2,1H3,(H,16,18). The number of hydrogen-bond donors (Lipinski definition) is 1. The number of halogens is 1. The van der Waals surface area contributed by atoms with Gasteiger partial charge in [-0.15, -0.1) is 0 Å². The second-order valence-corrected chi connectivity index (χ2v) is 7.53. The number of rotatable bonds is 5. The zero-order chi connectivity index (χ0) is 16.3. The monoisotopic (exact) mass is 344 g/mol. The minimum Gasteiger partial charge on any atom is -0.335 e. The van der Waals surface area contributed by atoms with E-state index in [1.165, 1.54) is 0 Å². The zero-order valence-corrected chi connectivity index (χ0v) is 13.7. The van der Waals surface area contributed by atoms with E-state index in [4.69, 9.17) is 11.6 Å². The number of likely N-dealkylation sites (tertiary alicyclic amines) is 1. The molecule has 0 aliphatic carbocycles. The van der Waals surface area contributed by atoms with Gasteiger partial charge in [-0.3, -0.25) is 14.3 Å². The molecule has 0 bridgehead atoms. The minimum absolute atomic E-state index is 0.0214. The highest BCUT2D eigenvalue weighted by Gasteiger charge is 2.32. The molecule has 1 aliphatic rings. The van der Waals surface area contributed by atoms with E-state index < -0.39 is 15.9 Å². The van der Waals surface area contributed by atoms with E-state index in [0.717, 1.165) is 11.8 Å². The summed E-state index contributed by atoms with van der Waals surface area (Å²) in [7, 11) is -3.58. The van der Waals surface area contributed by atoms with Crippen LogP contribution in [0.25, 0.3) is 0 Å². The molecule has 1 atom stereocenters. The molecule has 0 spiro atoms. The highest BCUT2D eigenvalue weighted by atomic mass is 35.5. The summed E-state index contributed by atoms with van der Waals surface area (Å²) in [5.41, 5.74) is 0.910. The summed E-state index contributed by atoms with van der Waals surface area (Å²) in [6, 6.07) is 6.83. The Kier molecular flexibility index (Phi) is 5.08. The fraction of sp³-hybridized carbons (Fsp3) is 0.429. The topological polar surface area (TPSA) is 83.5 Å². The fourth-order valence-electron chi connectivity index (χ4n) is 2.47.